The largest absolute Gasteiger partial charge is 0.181 e. The van der Waals surface area contributed by atoms with Crippen molar-refractivity contribution >= 4 is 0 Å². The Morgan fingerprint density at radius 1 is 0.281 bits per heavy atom. The Morgan fingerprint density at radius 3 is 0.562 bits per heavy atom. The van der Waals surface area contributed by atoms with Gasteiger partial charge in [-0.25, -0.2) is 0 Å². The molecule has 0 aliphatic carbocycles. The molecule has 0 aromatic heterocycles. The summed E-state index contributed by atoms with van der Waals surface area (Å²) < 4.78 is 0. The lowest BCUT2D eigenvalue weighted by Crippen LogP contribution is -1.73. The van der Waals surface area contributed by atoms with Crippen molar-refractivity contribution in [1.82, 2.24) is 0 Å². The average Bonchev–Trinajstić information content (AvgIpc) is 2.90. The summed E-state index contributed by atoms with van der Waals surface area (Å²) in [6.45, 7) is 0. The van der Waals surface area contributed by atoms with E-state index in [-0.39, 0.29) is 0 Å². The van der Waals surface area contributed by atoms with E-state index in [4.69, 9.17) is 52.6 Å². The van der Waals surface area contributed by atoms with Crippen LogP contribution < -0.4 is 0 Å². The fourth-order valence-electron chi connectivity index (χ4n) is 1.26. The molecule has 0 fully saturated rings. The molecule has 2 rings (SSSR count). The van der Waals surface area contributed by atoms with Crippen molar-refractivity contribution in [2.45, 2.75) is 0 Å². The van der Waals surface area contributed by atoms with Crippen molar-refractivity contribution < 1.29 is 0 Å². The van der Waals surface area contributed by atoms with Crippen LogP contribution in [0.3, 0.4) is 0 Å². The van der Waals surface area contributed by atoms with E-state index in [0.717, 1.165) is 0 Å². The second-order valence-electron chi connectivity index (χ2n) is 3.85. The van der Waals surface area contributed by atoms with E-state index in [0.29, 0.717) is 0 Å². The van der Waals surface area contributed by atoms with E-state index in [1.807, 2.05) is 12.1 Å². The van der Waals surface area contributed by atoms with Crippen LogP contribution in [0.1, 0.15) is 0 Å². The molecule has 0 spiro atoms. The molecular weight excluding hydrogens is 404 g/mol. The predicted molar refractivity (Wildman–Crippen MR) is 108 cm³/mol. The Hall–Kier alpha value is -6.66. The van der Waals surface area contributed by atoms with Crippen molar-refractivity contribution in [3.63, 3.8) is 0 Å². The van der Waals surface area contributed by atoms with Crippen LogP contribution in [0.2, 0.25) is 0 Å². The van der Waals surface area contributed by atoms with E-state index >= 15 is 0 Å². The number of benzene rings is 2. The highest BCUT2D eigenvalue weighted by molar-refractivity contribution is 5.62. The molecule has 0 saturated carbocycles. The van der Waals surface area contributed by atoms with Crippen LogP contribution in [0, 0.1) is 113 Å². The minimum Gasteiger partial charge on any atom is -0.181 e. The maximum absolute atomic E-state index is 7.26. The normalized spacial score (nSPS) is 5.19. The molecule has 2 aromatic rings. The van der Waals surface area contributed by atoms with E-state index < -0.39 is 0 Å². The molecule has 0 bridgehead atoms. The summed E-state index contributed by atoms with van der Waals surface area (Å²) in [5.41, 5.74) is 2.55. The van der Waals surface area contributed by atoms with E-state index in [1.165, 1.54) is 71.8 Å². The zero-order chi connectivity index (χ0) is 25.3. The Bertz CT molecular complexity index is 928. The van der Waals surface area contributed by atoms with Gasteiger partial charge in [0.15, 0.2) is 60.7 Å². The van der Waals surface area contributed by atoms with Crippen molar-refractivity contribution in [3.8, 4) is 71.8 Å². The summed E-state index contributed by atoms with van der Waals surface area (Å²) in [6, 6.07) is 33.1. The Balaban J connectivity index is -0.000000166. The van der Waals surface area contributed by atoms with Crippen LogP contribution in [0.5, 0.6) is 0 Å². The molecule has 148 valence electrons. The van der Waals surface area contributed by atoms with Crippen LogP contribution in [0.25, 0.3) is 11.1 Å². The van der Waals surface area contributed by atoms with Crippen LogP contribution in [0.4, 0.5) is 0 Å². The van der Waals surface area contributed by atoms with Crippen molar-refractivity contribution in [1.29, 1.82) is 52.6 Å². The molecule has 0 atom stereocenters. The van der Waals surface area contributed by atoms with E-state index in [2.05, 4.69) is 48.5 Å². The van der Waals surface area contributed by atoms with Gasteiger partial charge in [0, 0.05) is 0 Å². The lowest BCUT2D eigenvalue weighted by Gasteiger charge is -1.98. The van der Waals surface area contributed by atoms with Gasteiger partial charge >= 0.3 is 0 Å². The standard InChI is InChI=1S/C12H10.5C2N2/c1-3-7-11(8-4-1)12-9-5-2-6-10-12;5*3-1-2-4/h1-10H;;;;;. The zero-order valence-corrected chi connectivity index (χ0v) is 16.2. The lowest BCUT2D eigenvalue weighted by molar-refractivity contribution is 1.49. The van der Waals surface area contributed by atoms with Gasteiger partial charge in [-0.15, -0.1) is 0 Å². The summed E-state index contributed by atoms with van der Waals surface area (Å²) in [7, 11) is 0. The Morgan fingerprint density at radius 2 is 0.438 bits per heavy atom. The number of nitrogens with zero attached hydrogens (tertiary/aromatic N) is 10. The smallest absolute Gasteiger partial charge is 0.181 e. The van der Waals surface area contributed by atoms with Gasteiger partial charge in [0.05, 0.1) is 0 Å². The topological polar surface area (TPSA) is 238 Å². The molecule has 0 N–H and O–H groups in total. The minimum atomic E-state index is 1.24. The molecule has 2 aromatic carbocycles. The Labute approximate surface area is 185 Å². The molecule has 10 heteroatoms. The molecule has 0 saturated heterocycles. The van der Waals surface area contributed by atoms with Gasteiger partial charge in [0.25, 0.3) is 0 Å². The lowest BCUT2D eigenvalue weighted by atomic mass is 10.1. The highest BCUT2D eigenvalue weighted by atomic mass is 14.3. The molecule has 0 unspecified atom stereocenters. The first-order valence-electron chi connectivity index (χ1n) is 7.56. The summed E-state index contributed by atoms with van der Waals surface area (Å²) in [5.74, 6) is 0. The Kier molecular flexibility index (Phi) is 36.5. The molecule has 32 heavy (non-hydrogen) atoms. The van der Waals surface area contributed by atoms with Gasteiger partial charge in [-0.3, -0.25) is 0 Å². The molecule has 0 radical (unpaired) electrons. The monoisotopic (exact) mass is 414 g/mol. The van der Waals surface area contributed by atoms with E-state index in [9.17, 15) is 0 Å². The molecule has 0 heterocycles. The maximum atomic E-state index is 7.26. The molecule has 0 aliphatic rings. The first-order valence-corrected chi connectivity index (χ1v) is 7.56. The number of hydrogen-bond acceptors (Lipinski definition) is 10. The number of rotatable bonds is 1. The van der Waals surface area contributed by atoms with Gasteiger partial charge < -0.3 is 0 Å². The van der Waals surface area contributed by atoms with E-state index in [1.54, 1.807) is 0 Å². The summed E-state index contributed by atoms with van der Waals surface area (Å²) in [4.78, 5) is 0. The summed E-state index contributed by atoms with van der Waals surface area (Å²) >= 11 is 0. The zero-order valence-electron chi connectivity index (χ0n) is 16.2. The summed E-state index contributed by atoms with van der Waals surface area (Å²) in [5, 5.41) is 72.6. The van der Waals surface area contributed by atoms with Gasteiger partial charge in [0.1, 0.15) is 0 Å². The molecule has 0 aliphatic heterocycles. The third-order valence-corrected chi connectivity index (χ3v) is 2.13. The van der Waals surface area contributed by atoms with Gasteiger partial charge in [-0.05, 0) is 11.1 Å². The predicted octanol–water partition coefficient (Wildman–Crippen LogP) is 3.52. The maximum Gasteiger partial charge on any atom is 0.181 e. The van der Waals surface area contributed by atoms with Crippen LogP contribution >= 0.6 is 0 Å². The highest BCUT2D eigenvalue weighted by Crippen LogP contribution is 2.17. The van der Waals surface area contributed by atoms with Gasteiger partial charge in [0.2, 0.25) is 0 Å². The van der Waals surface area contributed by atoms with Crippen LogP contribution in [-0.2, 0) is 0 Å². The average molecular weight is 414 g/mol. The SMILES string of the molecule is N#CC#N.N#CC#N.N#CC#N.N#CC#N.N#CC#N.c1ccc(-c2ccccc2)cc1. The quantitative estimate of drug-likeness (QED) is 0.657. The van der Waals surface area contributed by atoms with Gasteiger partial charge in [-0.2, -0.15) is 52.6 Å². The highest BCUT2D eigenvalue weighted by Gasteiger charge is 1.91. The molecule has 0 amide bonds. The van der Waals surface area contributed by atoms with Crippen molar-refractivity contribution in [3.05, 3.63) is 60.7 Å². The van der Waals surface area contributed by atoms with Crippen molar-refractivity contribution in [2.24, 2.45) is 0 Å². The second-order valence-corrected chi connectivity index (χ2v) is 3.85. The minimum absolute atomic E-state index is 1.24. The van der Waals surface area contributed by atoms with Gasteiger partial charge in [-0.1, -0.05) is 60.7 Å². The fraction of sp³-hybridized carbons (Fsp3) is 0. The fourth-order valence-corrected chi connectivity index (χ4v) is 1.26. The number of hydrogen-bond donors (Lipinski definition) is 0. The van der Waals surface area contributed by atoms with Crippen molar-refractivity contribution in [2.75, 3.05) is 0 Å². The third kappa shape index (κ3) is 34.6. The second kappa shape index (κ2) is 35.4. The van der Waals surface area contributed by atoms with Crippen LogP contribution in [-0.4, -0.2) is 0 Å². The summed E-state index contributed by atoms with van der Waals surface area (Å²) in [6.07, 6.45) is 0. The number of nitriles is 10. The van der Waals surface area contributed by atoms with Crippen LogP contribution in [0.15, 0.2) is 60.7 Å². The molecule has 10 nitrogen and oxygen atoms in total. The molecular formula is C22H10N10. The first kappa shape index (κ1) is 33.0. The third-order valence-electron chi connectivity index (χ3n) is 2.13. The first-order chi connectivity index (χ1) is 15.5.